The third-order valence-electron chi connectivity index (χ3n) is 5.14. The summed E-state index contributed by atoms with van der Waals surface area (Å²) in [5.41, 5.74) is 12.4. The van der Waals surface area contributed by atoms with E-state index in [2.05, 4.69) is 21.9 Å². The molecular weight excluding hydrogens is 430 g/mol. The van der Waals surface area contributed by atoms with Crippen molar-refractivity contribution in [2.75, 3.05) is 11.5 Å². The molecule has 0 aliphatic rings. The van der Waals surface area contributed by atoms with Crippen LogP contribution in [0.3, 0.4) is 0 Å². The minimum Gasteiger partial charge on any atom is -0.481 e. The second kappa shape index (κ2) is 11.5. The van der Waals surface area contributed by atoms with Crippen molar-refractivity contribution in [3.63, 3.8) is 0 Å². The van der Waals surface area contributed by atoms with Crippen molar-refractivity contribution in [3.05, 3.63) is 64.0 Å². The fourth-order valence-corrected chi connectivity index (χ4v) is 3.34. The van der Waals surface area contributed by atoms with Gasteiger partial charge in [0, 0.05) is 17.9 Å². The van der Waals surface area contributed by atoms with E-state index in [0.29, 0.717) is 24.8 Å². The number of allylic oxidation sites excluding steroid dienone is 1. The molecule has 176 valence electrons. The number of carbonyl (C=O) groups is 3. The number of nitrogens with zero attached hydrogens (tertiary/aromatic N) is 1. The summed E-state index contributed by atoms with van der Waals surface area (Å²) in [6.07, 6.45) is 2.86. The Balaban J connectivity index is 1.99. The number of H-pyrrole nitrogens is 1. The van der Waals surface area contributed by atoms with Crippen LogP contribution in [-0.4, -0.2) is 44.1 Å². The van der Waals surface area contributed by atoms with Crippen LogP contribution in [-0.2, 0) is 16.0 Å². The van der Waals surface area contributed by atoms with E-state index in [4.69, 9.17) is 16.6 Å². The number of aromatic amines is 1. The zero-order chi connectivity index (χ0) is 24.5. The Kier molecular flexibility index (Phi) is 8.72. The molecule has 0 radical (unpaired) electrons. The Morgan fingerprint density at radius 3 is 2.36 bits per heavy atom. The van der Waals surface area contributed by atoms with E-state index in [1.54, 1.807) is 30.3 Å². The predicted octanol–water partition coefficient (Wildman–Crippen LogP) is 1.27. The number of aliphatic carboxylic acids is 2. The van der Waals surface area contributed by atoms with Crippen molar-refractivity contribution < 1.29 is 24.6 Å². The monoisotopic (exact) mass is 457 g/mol. The molecule has 11 heteroatoms. The van der Waals surface area contributed by atoms with Gasteiger partial charge in [-0.2, -0.15) is 4.98 Å². The van der Waals surface area contributed by atoms with Gasteiger partial charge in [-0.05, 0) is 43.4 Å². The summed E-state index contributed by atoms with van der Waals surface area (Å²) in [6, 6.07) is 5.29. The summed E-state index contributed by atoms with van der Waals surface area (Å²) in [6.45, 7) is 3.85. The van der Waals surface area contributed by atoms with E-state index in [-0.39, 0.29) is 41.6 Å². The van der Waals surface area contributed by atoms with Gasteiger partial charge in [0.1, 0.15) is 11.9 Å². The molecule has 0 fully saturated rings. The van der Waals surface area contributed by atoms with Gasteiger partial charge in [0.25, 0.3) is 11.5 Å². The van der Waals surface area contributed by atoms with Gasteiger partial charge in [-0.25, -0.2) is 4.79 Å². The molecule has 2 atom stereocenters. The molecule has 2 unspecified atom stereocenters. The van der Waals surface area contributed by atoms with E-state index >= 15 is 0 Å². The first-order valence-electron chi connectivity index (χ1n) is 10.2. The number of carbonyl (C=O) groups excluding carboxylic acids is 1. The van der Waals surface area contributed by atoms with Gasteiger partial charge in [-0.3, -0.25) is 19.4 Å². The Hall–Kier alpha value is -4.15. The van der Waals surface area contributed by atoms with Crippen LogP contribution in [0.1, 0.15) is 53.1 Å². The molecule has 1 heterocycles. The zero-order valence-corrected chi connectivity index (χ0v) is 17.9. The number of carboxylic acid groups (broad SMARTS) is 2. The Morgan fingerprint density at radius 2 is 1.82 bits per heavy atom. The Labute approximate surface area is 189 Å². The number of nitrogens with one attached hydrogen (secondary N) is 2. The molecule has 0 aliphatic heterocycles. The molecule has 2 rings (SSSR count). The molecule has 0 bridgehead atoms. The first-order valence-corrected chi connectivity index (χ1v) is 10.2. The molecule has 11 nitrogen and oxygen atoms in total. The van der Waals surface area contributed by atoms with Crippen molar-refractivity contribution in [2.45, 2.75) is 44.1 Å². The minimum atomic E-state index is -1.30. The third kappa shape index (κ3) is 7.20. The zero-order valence-electron chi connectivity index (χ0n) is 17.9. The third-order valence-corrected chi connectivity index (χ3v) is 5.14. The summed E-state index contributed by atoms with van der Waals surface area (Å²) in [4.78, 5) is 52.6. The molecular formula is C22H27N5O6. The van der Waals surface area contributed by atoms with Crippen LogP contribution in [0.25, 0.3) is 0 Å². The maximum atomic E-state index is 12.4. The Bertz CT molecular complexity index is 1080. The van der Waals surface area contributed by atoms with Crippen LogP contribution >= 0.6 is 0 Å². The fourth-order valence-electron chi connectivity index (χ4n) is 3.34. The van der Waals surface area contributed by atoms with E-state index in [1.807, 2.05) is 0 Å². The number of rotatable bonds is 12. The van der Waals surface area contributed by atoms with Crippen LogP contribution in [0.5, 0.6) is 0 Å². The SMILES string of the molecule is C=CC(CCCc1c(N)nc(N)[nH]c1=O)c1ccc(C(=O)NC(CCC(=O)O)C(=O)O)cc1. The largest absolute Gasteiger partial charge is 0.481 e. The first-order chi connectivity index (χ1) is 15.6. The highest BCUT2D eigenvalue weighted by Crippen LogP contribution is 2.24. The van der Waals surface area contributed by atoms with Crippen molar-refractivity contribution >= 4 is 29.6 Å². The highest BCUT2D eigenvalue weighted by molar-refractivity contribution is 5.96. The van der Waals surface area contributed by atoms with Crippen LogP contribution in [0.4, 0.5) is 11.8 Å². The van der Waals surface area contributed by atoms with Gasteiger partial charge < -0.3 is 27.0 Å². The van der Waals surface area contributed by atoms with Crippen LogP contribution in [0.2, 0.25) is 0 Å². The van der Waals surface area contributed by atoms with Crippen molar-refractivity contribution in [1.29, 1.82) is 0 Å². The molecule has 0 saturated carbocycles. The van der Waals surface area contributed by atoms with Gasteiger partial charge in [0.15, 0.2) is 0 Å². The molecule has 8 N–H and O–H groups in total. The number of nitrogen functional groups attached to an aromatic ring is 2. The van der Waals surface area contributed by atoms with Gasteiger partial charge in [0.05, 0.1) is 5.56 Å². The van der Waals surface area contributed by atoms with Crippen molar-refractivity contribution in [1.82, 2.24) is 15.3 Å². The van der Waals surface area contributed by atoms with Gasteiger partial charge in [0.2, 0.25) is 5.95 Å². The van der Waals surface area contributed by atoms with Gasteiger partial charge in [-0.1, -0.05) is 18.2 Å². The van der Waals surface area contributed by atoms with Crippen LogP contribution in [0, 0.1) is 0 Å². The number of nitrogens with two attached hydrogens (primary N) is 2. The lowest BCUT2D eigenvalue weighted by Gasteiger charge is -2.15. The van der Waals surface area contributed by atoms with E-state index in [0.717, 1.165) is 5.56 Å². The molecule has 2 aromatic rings. The van der Waals surface area contributed by atoms with Crippen molar-refractivity contribution in [2.24, 2.45) is 0 Å². The lowest BCUT2D eigenvalue weighted by molar-refractivity contribution is -0.140. The molecule has 1 aromatic heterocycles. The second-order valence-electron chi connectivity index (χ2n) is 7.47. The standard InChI is InChI=1S/C22H27N5O6/c1-2-12(4-3-5-15-18(23)26-22(24)27-20(15)31)13-6-8-14(9-7-13)19(30)25-16(21(32)33)10-11-17(28)29/h2,6-9,12,16H,1,3-5,10-11H2,(H,25,30)(H,28,29)(H,32,33)(H5,23,24,26,27,31). The molecule has 33 heavy (non-hydrogen) atoms. The van der Waals surface area contributed by atoms with Crippen LogP contribution in [0.15, 0.2) is 41.7 Å². The maximum absolute atomic E-state index is 12.4. The van der Waals surface area contributed by atoms with E-state index in [1.165, 1.54) is 0 Å². The number of benzene rings is 1. The van der Waals surface area contributed by atoms with Crippen LogP contribution < -0.4 is 22.3 Å². The quantitative estimate of drug-likeness (QED) is 0.254. The normalized spacial score (nSPS) is 12.5. The predicted molar refractivity (Wildman–Crippen MR) is 122 cm³/mol. The topological polar surface area (TPSA) is 201 Å². The number of amides is 1. The number of hydrogen-bond acceptors (Lipinski definition) is 7. The highest BCUT2D eigenvalue weighted by atomic mass is 16.4. The second-order valence-corrected chi connectivity index (χ2v) is 7.47. The molecule has 1 aromatic carbocycles. The summed E-state index contributed by atoms with van der Waals surface area (Å²) in [5, 5.41) is 20.2. The van der Waals surface area contributed by atoms with E-state index < -0.39 is 23.9 Å². The lowest BCUT2D eigenvalue weighted by Crippen LogP contribution is -2.41. The number of anilines is 2. The van der Waals surface area contributed by atoms with Gasteiger partial charge >= 0.3 is 11.9 Å². The summed E-state index contributed by atoms with van der Waals surface area (Å²) < 4.78 is 0. The summed E-state index contributed by atoms with van der Waals surface area (Å²) in [5.74, 6) is -3.04. The first kappa shape index (κ1) is 25.1. The average Bonchev–Trinajstić information content (AvgIpc) is 2.75. The summed E-state index contributed by atoms with van der Waals surface area (Å²) in [7, 11) is 0. The summed E-state index contributed by atoms with van der Waals surface area (Å²) >= 11 is 0. The molecule has 0 spiro atoms. The molecule has 1 amide bonds. The fraction of sp³-hybridized carbons (Fsp3) is 0.318. The number of aromatic nitrogens is 2. The van der Waals surface area contributed by atoms with Crippen molar-refractivity contribution in [3.8, 4) is 0 Å². The molecule has 0 saturated heterocycles. The highest BCUT2D eigenvalue weighted by Gasteiger charge is 2.22. The smallest absolute Gasteiger partial charge is 0.326 e. The minimum absolute atomic E-state index is 0.0362. The lowest BCUT2D eigenvalue weighted by atomic mass is 9.92. The molecule has 0 aliphatic carbocycles. The maximum Gasteiger partial charge on any atom is 0.326 e. The Morgan fingerprint density at radius 1 is 1.15 bits per heavy atom. The van der Waals surface area contributed by atoms with Gasteiger partial charge in [-0.15, -0.1) is 6.58 Å². The average molecular weight is 457 g/mol. The number of hydrogen-bond donors (Lipinski definition) is 6. The number of carboxylic acids is 2. The van der Waals surface area contributed by atoms with E-state index in [9.17, 15) is 24.3 Å².